The molecule has 0 aromatic carbocycles. The number of nitrogens with one attached hydrogen (secondary N) is 1. The quantitative estimate of drug-likeness (QED) is 0.799. The number of methoxy groups -OCH3 is 1. The lowest BCUT2D eigenvalue weighted by Gasteiger charge is -2.15. The smallest absolute Gasteiger partial charge is 0.179 e. The van der Waals surface area contributed by atoms with Crippen LogP contribution in [0.1, 0.15) is 38.3 Å². The molecule has 1 aliphatic rings. The molecule has 1 fully saturated rings. The maximum Gasteiger partial charge on any atom is 0.179 e. The van der Waals surface area contributed by atoms with E-state index in [-0.39, 0.29) is 0 Å². The van der Waals surface area contributed by atoms with Gasteiger partial charge in [-0.1, -0.05) is 13.3 Å². The Bertz CT molecular complexity index is 692. The summed E-state index contributed by atoms with van der Waals surface area (Å²) >= 11 is 5.55. The summed E-state index contributed by atoms with van der Waals surface area (Å²) in [6.45, 7) is 3.98. The number of hydrogen-bond acceptors (Lipinski definition) is 3. The van der Waals surface area contributed by atoms with Gasteiger partial charge in [0.15, 0.2) is 10.4 Å². The normalized spacial score (nSPS) is 16.7. The van der Waals surface area contributed by atoms with E-state index in [4.69, 9.17) is 17.0 Å². The van der Waals surface area contributed by atoms with Gasteiger partial charge in [0.25, 0.3) is 0 Å². The van der Waals surface area contributed by atoms with Gasteiger partial charge in [-0.25, -0.2) is 0 Å². The van der Waals surface area contributed by atoms with Gasteiger partial charge in [-0.05, 0) is 43.3 Å². The predicted molar refractivity (Wildman–Crippen MR) is 86.0 cm³/mol. The third-order valence-corrected chi connectivity index (χ3v) is 4.92. The lowest BCUT2D eigenvalue weighted by atomic mass is 10.0. The topological polar surface area (TPSA) is 47.8 Å². The number of aromatic nitrogens is 4. The molecule has 5 nitrogen and oxygen atoms in total. The number of aryl methyl sites for hydroxylation is 2. The van der Waals surface area contributed by atoms with Gasteiger partial charge in [0.1, 0.15) is 5.52 Å². The van der Waals surface area contributed by atoms with Crippen molar-refractivity contribution in [2.24, 2.45) is 12.5 Å². The van der Waals surface area contributed by atoms with E-state index in [1.165, 1.54) is 12.8 Å². The molecule has 2 aromatic rings. The van der Waals surface area contributed by atoms with E-state index in [9.17, 15) is 0 Å². The van der Waals surface area contributed by atoms with Crippen LogP contribution in [0, 0.1) is 10.2 Å². The number of ether oxygens (including phenoxy) is 1. The first-order valence-electron chi connectivity index (χ1n) is 7.73. The Labute approximate surface area is 130 Å². The molecule has 0 unspecified atom stereocenters. The van der Waals surface area contributed by atoms with Crippen LogP contribution in [-0.4, -0.2) is 33.0 Å². The minimum Gasteiger partial charge on any atom is -0.385 e. The Morgan fingerprint density at radius 3 is 2.81 bits per heavy atom. The van der Waals surface area contributed by atoms with Gasteiger partial charge in [0.2, 0.25) is 0 Å². The summed E-state index contributed by atoms with van der Waals surface area (Å²) in [5.41, 5.74) is 3.75. The highest BCUT2D eigenvalue weighted by Crippen LogP contribution is 2.50. The Balaban J connectivity index is 1.95. The summed E-state index contributed by atoms with van der Waals surface area (Å²) in [7, 11) is 3.78. The van der Waals surface area contributed by atoms with E-state index in [1.54, 1.807) is 7.11 Å². The van der Waals surface area contributed by atoms with Crippen LogP contribution in [0.2, 0.25) is 0 Å². The summed E-state index contributed by atoms with van der Waals surface area (Å²) in [6, 6.07) is 0. The van der Waals surface area contributed by atoms with Crippen molar-refractivity contribution in [3.8, 4) is 0 Å². The number of aromatic amines is 1. The molecule has 116 valence electrons. The van der Waals surface area contributed by atoms with Gasteiger partial charge in [-0.3, -0.25) is 4.68 Å². The molecular formula is C15H24N4OS. The average Bonchev–Trinajstić information content (AvgIpc) is 3.06. The Morgan fingerprint density at radius 1 is 1.43 bits per heavy atom. The number of fused-ring (bicyclic) bond motifs is 1. The second-order valence-electron chi connectivity index (χ2n) is 6.28. The van der Waals surface area contributed by atoms with Crippen LogP contribution in [0.15, 0.2) is 0 Å². The van der Waals surface area contributed by atoms with Crippen LogP contribution >= 0.6 is 12.2 Å². The molecular weight excluding hydrogens is 284 g/mol. The van der Waals surface area contributed by atoms with Crippen LogP contribution in [0.5, 0.6) is 0 Å². The molecule has 21 heavy (non-hydrogen) atoms. The molecule has 0 spiro atoms. The monoisotopic (exact) mass is 308 g/mol. The second-order valence-corrected chi connectivity index (χ2v) is 6.66. The van der Waals surface area contributed by atoms with Crippen molar-refractivity contribution < 1.29 is 4.74 Å². The molecule has 1 saturated carbocycles. The van der Waals surface area contributed by atoms with E-state index in [1.807, 2.05) is 11.7 Å². The molecule has 6 heteroatoms. The van der Waals surface area contributed by atoms with E-state index in [0.29, 0.717) is 5.41 Å². The van der Waals surface area contributed by atoms with E-state index in [0.717, 1.165) is 54.0 Å². The zero-order chi connectivity index (χ0) is 15.0. The van der Waals surface area contributed by atoms with E-state index in [2.05, 4.69) is 21.6 Å². The van der Waals surface area contributed by atoms with Gasteiger partial charge >= 0.3 is 0 Å². The molecule has 0 radical (unpaired) electrons. The molecule has 0 saturated heterocycles. The second kappa shape index (κ2) is 5.57. The third-order valence-electron chi connectivity index (χ3n) is 4.60. The first-order valence-corrected chi connectivity index (χ1v) is 8.14. The highest BCUT2D eigenvalue weighted by molar-refractivity contribution is 7.71. The largest absolute Gasteiger partial charge is 0.385 e. The number of nitrogens with zero attached hydrogens (tertiary/aromatic N) is 3. The summed E-state index contributed by atoms with van der Waals surface area (Å²) in [6.07, 6.45) is 5.73. The minimum absolute atomic E-state index is 0.374. The Kier molecular flexibility index (Phi) is 3.92. The molecule has 0 aliphatic heterocycles. The maximum absolute atomic E-state index is 5.55. The van der Waals surface area contributed by atoms with Crippen molar-refractivity contribution in [2.75, 3.05) is 13.7 Å². The fraction of sp³-hybridized carbons (Fsp3) is 0.733. The van der Waals surface area contributed by atoms with Gasteiger partial charge in [-0.2, -0.15) is 5.10 Å². The zero-order valence-electron chi connectivity index (χ0n) is 13.1. The standard InChI is InChI=1S/C15H24N4OS/c1-4-5-11-12-13(18(2)17-11)19(14(21)16-12)10-15(6-7-15)8-9-20-3/h4-10H2,1-3H3,(H,16,21). The van der Waals surface area contributed by atoms with Crippen molar-refractivity contribution in [1.82, 2.24) is 19.3 Å². The number of imidazole rings is 1. The van der Waals surface area contributed by atoms with Crippen LogP contribution in [-0.2, 0) is 24.8 Å². The number of hydrogen-bond donors (Lipinski definition) is 1. The van der Waals surface area contributed by atoms with Gasteiger partial charge in [-0.15, -0.1) is 0 Å². The molecule has 2 heterocycles. The van der Waals surface area contributed by atoms with Gasteiger partial charge < -0.3 is 14.3 Å². The SMILES string of the molecule is CCCc1nn(C)c2c1[nH]c(=S)n2CC1(CCOC)CC1. The summed E-state index contributed by atoms with van der Waals surface area (Å²) < 4.78 is 10.3. The van der Waals surface area contributed by atoms with Crippen molar-refractivity contribution >= 4 is 23.4 Å². The fourth-order valence-electron chi connectivity index (χ4n) is 3.15. The van der Waals surface area contributed by atoms with Crippen LogP contribution in [0.25, 0.3) is 11.2 Å². The van der Waals surface area contributed by atoms with Gasteiger partial charge in [0, 0.05) is 27.3 Å². The predicted octanol–water partition coefficient (Wildman–Crippen LogP) is 3.20. The van der Waals surface area contributed by atoms with Crippen LogP contribution in [0.3, 0.4) is 0 Å². The first-order chi connectivity index (χ1) is 10.1. The minimum atomic E-state index is 0.374. The zero-order valence-corrected chi connectivity index (χ0v) is 13.9. The maximum atomic E-state index is 5.55. The van der Waals surface area contributed by atoms with E-state index < -0.39 is 0 Å². The third kappa shape index (κ3) is 2.66. The highest BCUT2D eigenvalue weighted by atomic mass is 32.1. The molecule has 1 N–H and O–H groups in total. The Hall–Kier alpha value is -1.14. The summed E-state index contributed by atoms with van der Waals surface area (Å²) in [5.74, 6) is 0. The molecule has 1 aliphatic carbocycles. The highest BCUT2D eigenvalue weighted by Gasteiger charge is 2.43. The summed E-state index contributed by atoms with van der Waals surface area (Å²) in [4.78, 5) is 3.37. The Morgan fingerprint density at radius 2 is 2.19 bits per heavy atom. The van der Waals surface area contributed by atoms with Crippen molar-refractivity contribution in [3.63, 3.8) is 0 Å². The number of H-pyrrole nitrogens is 1. The average molecular weight is 308 g/mol. The molecule has 0 atom stereocenters. The van der Waals surface area contributed by atoms with E-state index >= 15 is 0 Å². The molecule has 0 bridgehead atoms. The van der Waals surface area contributed by atoms with Crippen molar-refractivity contribution in [1.29, 1.82) is 0 Å². The number of rotatable bonds is 7. The van der Waals surface area contributed by atoms with Gasteiger partial charge in [0.05, 0.1) is 5.69 Å². The first kappa shape index (κ1) is 14.8. The molecule has 3 rings (SSSR count). The van der Waals surface area contributed by atoms with Crippen LogP contribution in [0.4, 0.5) is 0 Å². The lowest BCUT2D eigenvalue weighted by Crippen LogP contribution is -2.15. The van der Waals surface area contributed by atoms with Crippen LogP contribution < -0.4 is 0 Å². The van der Waals surface area contributed by atoms with Crippen molar-refractivity contribution in [3.05, 3.63) is 10.5 Å². The van der Waals surface area contributed by atoms with Crippen molar-refractivity contribution in [2.45, 2.75) is 45.6 Å². The molecule has 2 aromatic heterocycles. The fourth-order valence-corrected chi connectivity index (χ4v) is 3.41. The summed E-state index contributed by atoms with van der Waals surface area (Å²) in [5, 5.41) is 4.65. The molecule has 0 amide bonds. The lowest BCUT2D eigenvalue weighted by molar-refractivity contribution is 0.167.